The highest BCUT2D eigenvalue weighted by Crippen LogP contribution is 2.43. The van der Waals surface area contributed by atoms with Crippen molar-refractivity contribution in [1.82, 2.24) is 9.13 Å². The molecule has 0 saturated heterocycles. The molecule has 11 rings (SSSR count). The lowest BCUT2D eigenvalue weighted by atomic mass is 10.1. The molecule has 0 unspecified atom stereocenters. The van der Waals surface area contributed by atoms with Crippen molar-refractivity contribution in [3.05, 3.63) is 230 Å². The minimum atomic E-state index is 1.08. The minimum Gasteiger partial charge on any atom is -0.310 e. The van der Waals surface area contributed by atoms with Crippen LogP contribution in [0.25, 0.3) is 55.0 Å². The lowest BCUT2D eigenvalue weighted by molar-refractivity contribution is 1.18. The highest BCUT2D eigenvalue weighted by atomic mass is 15.2. The van der Waals surface area contributed by atoms with E-state index in [9.17, 15) is 0 Å². The Kier molecular flexibility index (Phi) is 8.56. The fourth-order valence-electron chi connectivity index (χ4n) is 8.94. The summed E-state index contributed by atoms with van der Waals surface area (Å²) in [6.45, 7) is 4.29. The van der Waals surface area contributed by atoms with E-state index >= 15 is 0 Å². The van der Waals surface area contributed by atoms with Crippen molar-refractivity contribution in [2.45, 2.75) is 13.8 Å². The van der Waals surface area contributed by atoms with Crippen molar-refractivity contribution in [3.63, 3.8) is 0 Å². The van der Waals surface area contributed by atoms with Crippen LogP contribution in [0.3, 0.4) is 0 Å². The Balaban J connectivity index is 1.05. The van der Waals surface area contributed by atoms with Crippen LogP contribution in [0.2, 0.25) is 0 Å². The molecule has 286 valence electrons. The van der Waals surface area contributed by atoms with E-state index in [2.05, 4.69) is 251 Å². The van der Waals surface area contributed by atoms with Crippen molar-refractivity contribution >= 4 is 77.7 Å². The normalized spacial score (nSPS) is 11.5. The summed E-state index contributed by atoms with van der Waals surface area (Å²) in [5, 5.41) is 4.90. The molecule has 4 heteroatoms. The summed E-state index contributed by atoms with van der Waals surface area (Å²) in [5.74, 6) is 0. The Morgan fingerprint density at radius 3 is 0.950 bits per heavy atom. The smallest absolute Gasteiger partial charge is 0.0542 e. The Morgan fingerprint density at radius 1 is 0.267 bits per heavy atom. The molecule has 0 radical (unpaired) electrons. The van der Waals surface area contributed by atoms with Crippen LogP contribution >= 0.6 is 0 Å². The van der Waals surface area contributed by atoms with E-state index in [-0.39, 0.29) is 0 Å². The van der Waals surface area contributed by atoms with Crippen LogP contribution in [0, 0.1) is 13.8 Å². The number of hydrogen-bond acceptors (Lipinski definition) is 2. The van der Waals surface area contributed by atoms with Gasteiger partial charge in [-0.25, -0.2) is 0 Å². The third-order valence-electron chi connectivity index (χ3n) is 11.8. The lowest BCUT2D eigenvalue weighted by Crippen LogP contribution is -2.12. The lowest BCUT2D eigenvalue weighted by Gasteiger charge is -2.28. The summed E-state index contributed by atoms with van der Waals surface area (Å²) in [6, 6.07) is 79.2. The number of hydrogen-bond donors (Lipinski definition) is 0. The molecule has 0 amide bonds. The molecule has 0 atom stereocenters. The topological polar surface area (TPSA) is 16.3 Å². The fraction of sp³-hybridized carbons (Fsp3) is 0.0357. The number of nitrogens with zero attached hydrogens (tertiary/aromatic N) is 4. The van der Waals surface area contributed by atoms with Crippen molar-refractivity contribution in [2.24, 2.45) is 0 Å². The van der Waals surface area contributed by atoms with Crippen LogP contribution in [0.1, 0.15) is 11.1 Å². The number of rotatable bonds is 8. The summed E-state index contributed by atoms with van der Waals surface area (Å²) < 4.78 is 4.74. The maximum atomic E-state index is 2.37. The average Bonchev–Trinajstić information content (AvgIpc) is 3.81. The minimum absolute atomic E-state index is 1.08. The van der Waals surface area contributed by atoms with E-state index in [0.717, 1.165) is 45.5 Å². The van der Waals surface area contributed by atoms with Gasteiger partial charge in [0.05, 0.1) is 22.1 Å². The summed E-state index contributed by atoms with van der Waals surface area (Å²) in [5.41, 5.74) is 16.1. The van der Waals surface area contributed by atoms with E-state index in [1.165, 1.54) is 54.7 Å². The quantitative estimate of drug-likeness (QED) is 0.153. The molecule has 11 aromatic rings. The molecular weight excluding hydrogens is 729 g/mol. The number of aromatic nitrogens is 2. The van der Waals surface area contributed by atoms with E-state index in [1.54, 1.807) is 0 Å². The Hall–Kier alpha value is -7.82. The highest BCUT2D eigenvalue weighted by Gasteiger charge is 2.20. The zero-order valence-electron chi connectivity index (χ0n) is 33.6. The zero-order valence-corrected chi connectivity index (χ0v) is 33.6. The molecule has 0 N–H and O–H groups in total. The van der Waals surface area contributed by atoms with Gasteiger partial charge in [-0.05, 0) is 135 Å². The van der Waals surface area contributed by atoms with E-state index in [0.29, 0.717) is 0 Å². The monoisotopic (exact) mass is 770 g/mol. The molecule has 60 heavy (non-hydrogen) atoms. The largest absolute Gasteiger partial charge is 0.310 e. The van der Waals surface area contributed by atoms with Gasteiger partial charge in [-0.15, -0.1) is 0 Å². The van der Waals surface area contributed by atoms with E-state index in [4.69, 9.17) is 0 Å². The number of para-hydroxylation sites is 4. The van der Waals surface area contributed by atoms with Crippen molar-refractivity contribution < 1.29 is 0 Å². The van der Waals surface area contributed by atoms with Gasteiger partial charge in [0.1, 0.15) is 0 Å². The first-order chi connectivity index (χ1) is 29.6. The zero-order chi connectivity index (χ0) is 40.2. The van der Waals surface area contributed by atoms with E-state index < -0.39 is 0 Å². The second-order valence-electron chi connectivity index (χ2n) is 15.6. The molecule has 2 heterocycles. The summed E-state index contributed by atoms with van der Waals surface area (Å²) in [6.07, 6.45) is 0. The molecule has 0 aliphatic rings. The maximum Gasteiger partial charge on any atom is 0.0542 e. The molecule has 0 bridgehead atoms. The van der Waals surface area contributed by atoms with Gasteiger partial charge in [-0.1, -0.05) is 108 Å². The van der Waals surface area contributed by atoms with Crippen LogP contribution in [0.4, 0.5) is 34.1 Å². The van der Waals surface area contributed by atoms with Gasteiger partial charge < -0.3 is 18.9 Å². The molecule has 4 nitrogen and oxygen atoms in total. The molecule has 2 aromatic heterocycles. The Bertz CT molecular complexity index is 3080. The number of anilines is 6. The highest BCUT2D eigenvalue weighted by molar-refractivity contribution is 6.12. The molecule has 0 fully saturated rings. The Morgan fingerprint density at radius 2 is 0.567 bits per heavy atom. The van der Waals surface area contributed by atoms with E-state index in [1.807, 2.05) is 0 Å². The van der Waals surface area contributed by atoms with Crippen LogP contribution in [-0.2, 0) is 0 Å². The molecule has 0 saturated carbocycles. The second-order valence-corrected chi connectivity index (χ2v) is 15.6. The van der Waals surface area contributed by atoms with Crippen LogP contribution in [-0.4, -0.2) is 9.13 Å². The summed E-state index contributed by atoms with van der Waals surface area (Å²) in [7, 11) is 0. The van der Waals surface area contributed by atoms with Crippen molar-refractivity contribution in [1.29, 1.82) is 0 Å². The van der Waals surface area contributed by atoms with Gasteiger partial charge in [0, 0.05) is 67.0 Å². The summed E-state index contributed by atoms with van der Waals surface area (Å²) >= 11 is 0. The fourth-order valence-corrected chi connectivity index (χ4v) is 8.94. The second kappa shape index (κ2) is 14.5. The third-order valence-corrected chi connectivity index (χ3v) is 11.8. The average molecular weight is 771 g/mol. The Labute approximate surface area is 350 Å². The first kappa shape index (κ1) is 35.4. The predicted molar refractivity (Wildman–Crippen MR) is 254 cm³/mol. The first-order valence-electron chi connectivity index (χ1n) is 20.6. The van der Waals surface area contributed by atoms with Gasteiger partial charge in [-0.2, -0.15) is 0 Å². The molecular formula is C56H42N4. The molecule has 0 aliphatic heterocycles. The summed E-state index contributed by atoms with van der Waals surface area (Å²) in [4.78, 5) is 4.75. The van der Waals surface area contributed by atoms with Gasteiger partial charge in [0.2, 0.25) is 0 Å². The molecule has 0 spiro atoms. The van der Waals surface area contributed by atoms with Crippen molar-refractivity contribution in [2.75, 3.05) is 9.80 Å². The van der Waals surface area contributed by atoms with Gasteiger partial charge >= 0.3 is 0 Å². The molecule has 9 aromatic carbocycles. The number of benzene rings is 9. The standard InChI is InChI=1S/C56H42N4/c1-39-21-25-43(26-22-39)57(47-33-35-55-51(37-47)49-17-9-11-19-53(49)59(55)41-13-5-3-6-14-41)45-29-31-46(32-30-45)58(44-27-23-40(2)24-28-44)48-34-36-56-52(38-48)50-18-10-12-20-54(50)60(56)42-15-7-4-8-16-42/h3-38H,1-2H3. The van der Waals surface area contributed by atoms with Gasteiger partial charge in [-0.3, -0.25) is 0 Å². The number of fused-ring (bicyclic) bond motifs is 6. The SMILES string of the molecule is Cc1ccc(N(c2ccc(N(c3ccc(C)cc3)c3ccc4c(c3)c3ccccc3n4-c3ccccc3)cc2)c2ccc3c(c2)c2ccccc2n3-c2ccccc2)cc1. The maximum absolute atomic E-state index is 2.37. The predicted octanol–water partition coefficient (Wildman–Crippen LogP) is 15.4. The van der Waals surface area contributed by atoms with Gasteiger partial charge in [0.15, 0.2) is 0 Å². The first-order valence-corrected chi connectivity index (χ1v) is 20.6. The molecule has 0 aliphatic carbocycles. The van der Waals surface area contributed by atoms with Crippen LogP contribution < -0.4 is 9.80 Å². The third kappa shape index (κ3) is 6.00. The number of aryl methyl sites for hydroxylation is 2. The van der Waals surface area contributed by atoms with Crippen LogP contribution in [0.15, 0.2) is 218 Å². The van der Waals surface area contributed by atoms with Crippen molar-refractivity contribution in [3.8, 4) is 11.4 Å². The van der Waals surface area contributed by atoms with Gasteiger partial charge in [0.25, 0.3) is 0 Å². The van der Waals surface area contributed by atoms with Crippen LogP contribution in [0.5, 0.6) is 0 Å².